The van der Waals surface area contributed by atoms with E-state index in [2.05, 4.69) is 47.6 Å². The van der Waals surface area contributed by atoms with Crippen LogP contribution in [0.15, 0.2) is 17.5 Å². The van der Waals surface area contributed by atoms with E-state index in [4.69, 9.17) is 13.7 Å². The van der Waals surface area contributed by atoms with E-state index in [-0.39, 0.29) is 30.0 Å². The molecule has 45 heavy (non-hydrogen) atoms. The summed E-state index contributed by atoms with van der Waals surface area (Å²) in [6.07, 6.45) is -1.02. The number of nitrogens with one attached hydrogen (secondary N) is 1. The van der Waals surface area contributed by atoms with E-state index >= 15 is 0 Å². The number of aliphatic imine (C=N–C) groups is 1. The molecule has 3 atom stereocenters. The summed E-state index contributed by atoms with van der Waals surface area (Å²) in [6, 6.07) is 0. The lowest BCUT2D eigenvalue weighted by Crippen LogP contribution is -2.46. The molecule has 250 valence electrons. The summed E-state index contributed by atoms with van der Waals surface area (Å²) in [6.45, 7) is 9.02. The molecule has 0 aliphatic carbocycles. The van der Waals surface area contributed by atoms with Gasteiger partial charge in [-0.1, -0.05) is 65.0 Å². The van der Waals surface area contributed by atoms with Crippen LogP contribution in [0.5, 0.6) is 0 Å². The van der Waals surface area contributed by atoms with Gasteiger partial charge in [-0.05, 0) is 13.8 Å². The molecule has 1 unspecified atom stereocenters. The average molecular weight is 711 g/mol. The van der Waals surface area contributed by atoms with Crippen LogP contribution in [0.25, 0.3) is 11.0 Å². The fourth-order valence-electron chi connectivity index (χ4n) is 3.75. The number of hydrogen-bond acceptors (Lipinski definition) is 12. The molecule has 2 aromatic heterocycles. The van der Waals surface area contributed by atoms with Gasteiger partial charge in [-0.3, -0.25) is 8.98 Å². The monoisotopic (exact) mass is 710 g/mol. The minimum absolute atomic E-state index is 0.00505. The van der Waals surface area contributed by atoms with Crippen LogP contribution in [0.3, 0.4) is 0 Å². The summed E-state index contributed by atoms with van der Waals surface area (Å²) in [5.41, 5.74) is 1.14. The first-order chi connectivity index (χ1) is 21.0. The molecule has 2 aromatic rings. The highest BCUT2D eigenvalue weighted by Gasteiger charge is 2.41. The molecule has 11 nitrogen and oxygen atoms in total. The Bertz CT molecular complexity index is 1390. The van der Waals surface area contributed by atoms with E-state index in [9.17, 15) is 23.1 Å². The molecular formula is C27H37F3N6O5S4. The van der Waals surface area contributed by atoms with Gasteiger partial charge in [0, 0.05) is 31.5 Å². The van der Waals surface area contributed by atoms with Crippen molar-refractivity contribution in [2.75, 3.05) is 33.2 Å². The lowest BCUT2D eigenvalue weighted by atomic mass is 10.2. The van der Waals surface area contributed by atoms with Crippen molar-refractivity contribution in [2.24, 2.45) is 4.99 Å². The molecule has 0 saturated carbocycles. The third-order valence-corrected chi connectivity index (χ3v) is 11.2. The Labute approximate surface area is 276 Å². The first kappa shape index (κ1) is 37.6. The van der Waals surface area contributed by atoms with Gasteiger partial charge in [-0.15, -0.1) is 0 Å². The molecule has 0 bridgehead atoms. The Morgan fingerprint density at radius 1 is 1.27 bits per heavy atom. The highest BCUT2D eigenvalue weighted by molar-refractivity contribution is 8.77. The van der Waals surface area contributed by atoms with Crippen molar-refractivity contribution in [3.05, 3.63) is 18.1 Å². The van der Waals surface area contributed by atoms with Crippen molar-refractivity contribution in [2.45, 2.75) is 75.3 Å². The van der Waals surface area contributed by atoms with Crippen molar-refractivity contribution < 1.29 is 36.7 Å². The minimum atomic E-state index is -4.95. The molecule has 1 aliphatic heterocycles. The van der Waals surface area contributed by atoms with Crippen LogP contribution >= 0.6 is 43.5 Å². The van der Waals surface area contributed by atoms with Gasteiger partial charge >= 0.3 is 12.1 Å². The van der Waals surface area contributed by atoms with Crippen LogP contribution in [0.4, 0.5) is 19.0 Å². The smallest absolute Gasteiger partial charge is 0.394 e. The third-order valence-electron chi connectivity index (χ3n) is 5.59. The second-order valence-electron chi connectivity index (χ2n) is 11.4. The van der Waals surface area contributed by atoms with Crippen LogP contribution in [0.1, 0.15) is 52.8 Å². The largest absolute Gasteiger partial charge is 0.471 e. The summed E-state index contributed by atoms with van der Waals surface area (Å²) in [5.74, 6) is 4.58. The Hall–Kier alpha value is -1.85. The predicted molar refractivity (Wildman–Crippen MR) is 176 cm³/mol. The van der Waals surface area contributed by atoms with Crippen molar-refractivity contribution in [1.29, 1.82) is 0 Å². The molecule has 0 radical (unpaired) electrons. The summed E-state index contributed by atoms with van der Waals surface area (Å²) < 4.78 is 57.2. The maximum Gasteiger partial charge on any atom is 0.471 e. The van der Waals surface area contributed by atoms with E-state index in [1.807, 2.05) is 24.0 Å². The van der Waals surface area contributed by atoms with Gasteiger partial charge in [0.15, 0.2) is 5.82 Å². The Morgan fingerprint density at radius 3 is 2.64 bits per heavy atom. The topological polar surface area (TPSA) is 123 Å². The molecule has 3 heterocycles. The first-order valence-corrected chi connectivity index (χ1v) is 18.0. The number of fused-ring (bicyclic) bond motifs is 1. The number of carbonyl (C=O) groups excluding carboxylic acids is 1. The number of hydrogen-bond donors (Lipinski definition) is 2. The van der Waals surface area contributed by atoms with Gasteiger partial charge < -0.3 is 29.4 Å². The van der Waals surface area contributed by atoms with Gasteiger partial charge in [-0.25, -0.2) is 15.0 Å². The van der Waals surface area contributed by atoms with E-state index in [1.165, 1.54) is 31.2 Å². The molecule has 0 spiro atoms. The lowest BCUT2D eigenvalue weighted by molar-refractivity contribution is -0.174. The molecule has 3 rings (SSSR count). The number of alkyl halides is 3. The number of ether oxygens (including phenoxy) is 2. The Balaban J connectivity index is 1.74. The van der Waals surface area contributed by atoms with Crippen molar-refractivity contribution in [3.63, 3.8) is 0 Å². The second-order valence-corrected chi connectivity index (χ2v) is 16.9. The number of nitrogens with zero attached hydrogens (tertiary/aromatic N) is 5. The number of carbonyl (C=O) groups is 1. The number of aliphatic hydroxyl groups is 1. The Kier molecular flexibility index (Phi) is 13.6. The zero-order valence-corrected chi connectivity index (χ0v) is 29.1. The van der Waals surface area contributed by atoms with Crippen LogP contribution in [0.2, 0.25) is 0 Å². The maximum atomic E-state index is 12.6. The standard InChI is InChI=1S/C27H37F3N6O5S4/c1-25(2,3)43-45-41-18-11-20(40-19(18)13-37)36-12-17(21-22(33-15-35(6)7)31-14-32-23(21)36)9-8-10-39-16-42-44-26(4,5)34-24(38)27(28,29)30/h12,14-15,18-20,37H,10-11,13,16H2,1-7H3,(H,34,38)/t18?,19-,20-/m1/s1. The molecule has 2 N–H and O–H groups in total. The molecule has 1 aliphatic rings. The fourth-order valence-corrected chi connectivity index (χ4v) is 7.32. The summed E-state index contributed by atoms with van der Waals surface area (Å²) in [4.78, 5) is 25.2. The average Bonchev–Trinajstić information content (AvgIpc) is 3.51. The highest BCUT2D eigenvalue weighted by atomic mass is 33.1. The highest BCUT2D eigenvalue weighted by Crippen LogP contribution is 2.42. The summed E-state index contributed by atoms with van der Waals surface area (Å²) in [5, 5.41) is 12.5. The second kappa shape index (κ2) is 16.3. The van der Waals surface area contributed by atoms with Gasteiger partial charge in [0.1, 0.15) is 43.0 Å². The molecule has 0 aromatic carbocycles. The van der Waals surface area contributed by atoms with Crippen LogP contribution in [0, 0.1) is 11.8 Å². The summed E-state index contributed by atoms with van der Waals surface area (Å²) >= 11 is 1.28. The quantitative estimate of drug-likeness (QED) is 0.0517. The van der Waals surface area contributed by atoms with Crippen molar-refractivity contribution in [1.82, 2.24) is 24.8 Å². The number of halogens is 3. The van der Waals surface area contributed by atoms with E-state index < -0.39 is 29.3 Å². The normalized spacial score (nSPS) is 19.2. The van der Waals surface area contributed by atoms with E-state index in [0.717, 1.165) is 21.6 Å². The van der Waals surface area contributed by atoms with Crippen molar-refractivity contribution >= 4 is 72.6 Å². The summed E-state index contributed by atoms with van der Waals surface area (Å²) in [7, 11) is 7.45. The fraction of sp³-hybridized carbons (Fsp3) is 0.630. The Morgan fingerprint density at radius 2 is 2.00 bits per heavy atom. The van der Waals surface area contributed by atoms with Crippen molar-refractivity contribution in [3.8, 4) is 11.8 Å². The van der Waals surface area contributed by atoms with Crippen LogP contribution in [-0.2, 0) is 18.5 Å². The number of amides is 1. The third kappa shape index (κ3) is 11.7. The number of rotatable bonds is 13. The zero-order chi connectivity index (χ0) is 33.4. The lowest BCUT2D eigenvalue weighted by Gasteiger charge is -2.25. The number of aliphatic hydroxyl groups excluding tert-OH is 1. The van der Waals surface area contributed by atoms with Crippen LogP contribution < -0.4 is 5.32 Å². The molecular weight excluding hydrogens is 674 g/mol. The van der Waals surface area contributed by atoms with Gasteiger partial charge in [-0.2, -0.15) is 13.2 Å². The maximum absolute atomic E-state index is 12.6. The first-order valence-electron chi connectivity index (χ1n) is 13.6. The zero-order valence-electron chi connectivity index (χ0n) is 25.9. The van der Waals surface area contributed by atoms with E-state index in [0.29, 0.717) is 28.8 Å². The molecule has 1 fully saturated rings. The molecule has 1 amide bonds. The van der Waals surface area contributed by atoms with E-state index in [1.54, 1.807) is 28.2 Å². The SMILES string of the molecule is CN(C)C=Nc1ncnc2c1c(C#CCOCSSC(C)(C)NC(=O)C(F)(F)F)cn2[C@H]1CC(OSSC(C)(C)C)[C@@H](CO)O1. The van der Waals surface area contributed by atoms with Gasteiger partial charge in [0.2, 0.25) is 0 Å². The number of aromatic nitrogens is 3. The molecule has 18 heteroatoms. The molecule has 1 saturated heterocycles. The minimum Gasteiger partial charge on any atom is -0.394 e. The predicted octanol–water partition coefficient (Wildman–Crippen LogP) is 5.53. The van der Waals surface area contributed by atoms with Crippen LogP contribution in [-0.4, -0.2) is 98.0 Å². The van der Waals surface area contributed by atoms with Gasteiger partial charge in [0.05, 0.1) is 39.8 Å². The van der Waals surface area contributed by atoms with Gasteiger partial charge in [0.25, 0.3) is 0 Å².